The Morgan fingerprint density at radius 3 is 2.57 bits per heavy atom. The summed E-state index contributed by atoms with van der Waals surface area (Å²) >= 11 is 7.12. The zero-order valence-corrected chi connectivity index (χ0v) is 17.7. The van der Waals surface area contributed by atoms with Gasteiger partial charge in [-0.2, -0.15) is 5.10 Å². The standard InChI is InChI=1S/C20H23N5OS2/c1-15-6-3-4-7-16(15)18-21-25(20(27)22(18)2)14-23-9-11-24(12-10-23)19(26)17-8-5-13-28-17/h3-8,13H,9-12,14H2,1-2H3. The van der Waals surface area contributed by atoms with Crippen molar-refractivity contribution < 1.29 is 4.79 Å². The summed E-state index contributed by atoms with van der Waals surface area (Å²) in [6.07, 6.45) is 0. The molecule has 1 fully saturated rings. The molecule has 0 unspecified atom stereocenters. The van der Waals surface area contributed by atoms with E-state index in [4.69, 9.17) is 17.3 Å². The van der Waals surface area contributed by atoms with Crippen LogP contribution in [-0.4, -0.2) is 56.2 Å². The molecule has 4 rings (SSSR count). The van der Waals surface area contributed by atoms with E-state index in [0.29, 0.717) is 11.4 Å². The minimum Gasteiger partial charge on any atom is -0.335 e. The van der Waals surface area contributed by atoms with Gasteiger partial charge >= 0.3 is 0 Å². The van der Waals surface area contributed by atoms with Gasteiger partial charge in [0.15, 0.2) is 10.6 Å². The van der Waals surface area contributed by atoms with Gasteiger partial charge in [-0.05, 0) is 36.2 Å². The Bertz CT molecular complexity index is 1030. The summed E-state index contributed by atoms with van der Waals surface area (Å²) < 4.78 is 4.55. The Labute approximate surface area is 173 Å². The smallest absolute Gasteiger partial charge is 0.264 e. The fraction of sp³-hybridized carbons (Fsp3) is 0.350. The summed E-state index contributed by atoms with van der Waals surface area (Å²) in [4.78, 5) is 17.5. The lowest BCUT2D eigenvalue weighted by Gasteiger charge is -2.34. The quantitative estimate of drug-likeness (QED) is 0.615. The highest BCUT2D eigenvalue weighted by Gasteiger charge is 2.23. The molecule has 3 aromatic rings. The van der Waals surface area contributed by atoms with Gasteiger partial charge < -0.3 is 9.47 Å². The molecule has 8 heteroatoms. The minimum absolute atomic E-state index is 0.130. The maximum Gasteiger partial charge on any atom is 0.264 e. The number of piperazine rings is 1. The predicted molar refractivity (Wildman–Crippen MR) is 114 cm³/mol. The molecule has 0 radical (unpaired) electrons. The Hall–Kier alpha value is -2.29. The molecule has 146 valence electrons. The van der Waals surface area contributed by atoms with E-state index in [0.717, 1.165) is 42.4 Å². The first-order valence-corrected chi connectivity index (χ1v) is 10.6. The monoisotopic (exact) mass is 413 g/mol. The maximum absolute atomic E-state index is 12.5. The summed E-state index contributed by atoms with van der Waals surface area (Å²) in [6.45, 7) is 5.80. The molecule has 28 heavy (non-hydrogen) atoms. The number of benzene rings is 1. The van der Waals surface area contributed by atoms with Crippen molar-refractivity contribution in [2.24, 2.45) is 7.05 Å². The van der Waals surface area contributed by atoms with Gasteiger partial charge in [0, 0.05) is 38.8 Å². The van der Waals surface area contributed by atoms with E-state index in [-0.39, 0.29) is 5.91 Å². The average Bonchev–Trinajstić information content (AvgIpc) is 3.33. The highest BCUT2D eigenvalue weighted by atomic mass is 32.1. The molecule has 0 aliphatic carbocycles. The Morgan fingerprint density at radius 1 is 1.14 bits per heavy atom. The molecule has 1 saturated heterocycles. The molecule has 1 aromatic carbocycles. The number of hydrogen-bond acceptors (Lipinski definition) is 5. The van der Waals surface area contributed by atoms with E-state index in [1.807, 2.05) is 50.8 Å². The topological polar surface area (TPSA) is 46.3 Å². The van der Waals surface area contributed by atoms with E-state index in [1.54, 1.807) is 0 Å². The molecule has 6 nitrogen and oxygen atoms in total. The first kappa shape index (κ1) is 19.0. The van der Waals surface area contributed by atoms with Gasteiger partial charge in [0.05, 0.1) is 11.5 Å². The zero-order valence-electron chi connectivity index (χ0n) is 16.0. The number of aromatic nitrogens is 3. The highest BCUT2D eigenvalue weighted by molar-refractivity contribution is 7.71. The Kier molecular flexibility index (Phi) is 5.43. The molecule has 1 aliphatic heterocycles. The highest BCUT2D eigenvalue weighted by Crippen LogP contribution is 2.21. The fourth-order valence-corrected chi connectivity index (χ4v) is 4.35. The second-order valence-electron chi connectivity index (χ2n) is 7.01. The van der Waals surface area contributed by atoms with Crippen LogP contribution in [0.4, 0.5) is 0 Å². The van der Waals surface area contributed by atoms with Crippen molar-refractivity contribution in [2.75, 3.05) is 26.2 Å². The van der Waals surface area contributed by atoms with Crippen molar-refractivity contribution >= 4 is 29.5 Å². The predicted octanol–water partition coefficient (Wildman–Crippen LogP) is 3.40. The third kappa shape index (κ3) is 3.67. The van der Waals surface area contributed by atoms with Gasteiger partial charge in [-0.15, -0.1) is 11.3 Å². The lowest BCUT2D eigenvalue weighted by Crippen LogP contribution is -2.48. The normalized spacial score (nSPS) is 15.1. The second-order valence-corrected chi connectivity index (χ2v) is 8.32. The molecule has 0 bridgehead atoms. The van der Waals surface area contributed by atoms with Gasteiger partial charge in [-0.25, -0.2) is 4.68 Å². The van der Waals surface area contributed by atoms with Crippen LogP contribution < -0.4 is 0 Å². The summed E-state index contributed by atoms with van der Waals surface area (Å²) in [5.74, 6) is 1.01. The van der Waals surface area contributed by atoms with Gasteiger partial charge in [-0.1, -0.05) is 30.3 Å². The van der Waals surface area contributed by atoms with E-state index in [9.17, 15) is 4.79 Å². The number of rotatable bonds is 4. The molecule has 2 aromatic heterocycles. The number of aryl methyl sites for hydroxylation is 1. The van der Waals surface area contributed by atoms with Gasteiger partial charge in [0.1, 0.15) is 0 Å². The van der Waals surface area contributed by atoms with Crippen LogP contribution >= 0.6 is 23.6 Å². The van der Waals surface area contributed by atoms with Gasteiger partial charge in [0.25, 0.3) is 5.91 Å². The van der Waals surface area contributed by atoms with Crippen LogP contribution in [0.1, 0.15) is 15.2 Å². The molecule has 3 heterocycles. The molecular formula is C20H23N5OS2. The third-order valence-electron chi connectivity index (χ3n) is 5.15. The summed E-state index contributed by atoms with van der Waals surface area (Å²) in [5.41, 5.74) is 2.28. The van der Waals surface area contributed by atoms with Crippen molar-refractivity contribution in [3.63, 3.8) is 0 Å². The largest absolute Gasteiger partial charge is 0.335 e. The van der Waals surface area contributed by atoms with E-state index >= 15 is 0 Å². The van der Waals surface area contributed by atoms with Gasteiger partial charge in [-0.3, -0.25) is 9.69 Å². The zero-order chi connectivity index (χ0) is 19.7. The summed E-state index contributed by atoms with van der Waals surface area (Å²) in [7, 11) is 1.96. The van der Waals surface area contributed by atoms with Crippen molar-refractivity contribution in [1.29, 1.82) is 0 Å². The number of hydrogen-bond donors (Lipinski definition) is 0. The van der Waals surface area contributed by atoms with Crippen molar-refractivity contribution in [3.8, 4) is 11.4 Å². The lowest BCUT2D eigenvalue weighted by atomic mass is 10.1. The number of carbonyl (C=O) groups excluding carboxylic acids is 1. The number of carbonyl (C=O) groups is 1. The molecule has 1 aliphatic rings. The Morgan fingerprint density at radius 2 is 1.89 bits per heavy atom. The number of amides is 1. The number of nitrogens with zero attached hydrogens (tertiary/aromatic N) is 5. The van der Waals surface area contributed by atoms with E-state index < -0.39 is 0 Å². The summed E-state index contributed by atoms with van der Waals surface area (Å²) in [5, 5.41) is 6.73. The van der Waals surface area contributed by atoms with Crippen molar-refractivity contribution in [2.45, 2.75) is 13.6 Å². The number of thiophene rings is 1. The maximum atomic E-state index is 12.5. The second kappa shape index (κ2) is 7.98. The first-order valence-electron chi connectivity index (χ1n) is 9.29. The SMILES string of the molecule is Cc1ccccc1-c1nn(CN2CCN(C(=O)c3cccs3)CC2)c(=S)n1C. The molecule has 0 saturated carbocycles. The van der Waals surface area contributed by atoms with Crippen LogP contribution in [0.15, 0.2) is 41.8 Å². The van der Waals surface area contributed by atoms with Crippen LogP contribution in [0, 0.1) is 11.7 Å². The van der Waals surface area contributed by atoms with E-state index in [1.165, 1.54) is 16.9 Å². The molecule has 1 amide bonds. The van der Waals surface area contributed by atoms with E-state index in [2.05, 4.69) is 24.0 Å². The lowest BCUT2D eigenvalue weighted by molar-refractivity contribution is 0.0590. The van der Waals surface area contributed by atoms with Crippen LogP contribution in [0.25, 0.3) is 11.4 Å². The molecule has 0 spiro atoms. The fourth-order valence-electron chi connectivity index (χ4n) is 3.48. The van der Waals surface area contributed by atoms with Crippen LogP contribution in [0.5, 0.6) is 0 Å². The van der Waals surface area contributed by atoms with Gasteiger partial charge in [0.2, 0.25) is 0 Å². The average molecular weight is 414 g/mol. The Balaban J connectivity index is 1.45. The minimum atomic E-state index is 0.130. The molecule has 0 N–H and O–H groups in total. The van der Waals surface area contributed by atoms with Crippen molar-refractivity contribution in [3.05, 3.63) is 57.0 Å². The first-order chi connectivity index (χ1) is 13.5. The van der Waals surface area contributed by atoms with Crippen molar-refractivity contribution in [1.82, 2.24) is 24.1 Å². The van der Waals surface area contributed by atoms with Crippen LogP contribution in [-0.2, 0) is 13.7 Å². The third-order valence-corrected chi connectivity index (χ3v) is 6.49. The van der Waals surface area contributed by atoms with Crippen LogP contribution in [0.3, 0.4) is 0 Å². The van der Waals surface area contributed by atoms with Crippen LogP contribution in [0.2, 0.25) is 0 Å². The molecule has 0 atom stereocenters. The molecular weight excluding hydrogens is 390 g/mol. The summed E-state index contributed by atoms with van der Waals surface area (Å²) in [6, 6.07) is 12.0.